The molecule has 1 amide bonds. The van der Waals surface area contributed by atoms with Crippen LogP contribution < -0.4 is 11.1 Å². The first-order valence-corrected chi connectivity index (χ1v) is 8.24. The van der Waals surface area contributed by atoms with Gasteiger partial charge in [0.2, 0.25) is 5.91 Å². The topological polar surface area (TPSA) is 80.9 Å². The first kappa shape index (κ1) is 15.3. The van der Waals surface area contributed by atoms with Gasteiger partial charge in [-0.15, -0.1) is 0 Å². The largest absolute Gasteiger partial charge is 0.399 e. The highest BCUT2D eigenvalue weighted by Gasteiger charge is 2.22. The number of nitrogens with one attached hydrogen (secondary N) is 1. The van der Waals surface area contributed by atoms with Gasteiger partial charge in [-0.3, -0.25) is 4.79 Å². The van der Waals surface area contributed by atoms with Gasteiger partial charge in [0.05, 0.1) is 11.4 Å². The van der Waals surface area contributed by atoms with Crippen LogP contribution in [0, 0.1) is 0 Å². The zero-order valence-corrected chi connectivity index (χ0v) is 13.9. The number of rotatable bonds is 2. The highest BCUT2D eigenvalue weighted by atomic mass is 16.1. The van der Waals surface area contributed by atoms with Gasteiger partial charge in [0, 0.05) is 23.7 Å². The number of carbonyl (C=O) groups is 1. The van der Waals surface area contributed by atoms with Gasteiger partial charge in [-0.1, -0.05) is 36.4 Å². The summed E-state index contributed by atoms with van der Waals surface area (Å²) >= 11 is 0. The lowest BCUT2D eigenvalue weighted by molar-refractivity contribution is -0.114. The molecule has 4 rings (SSSR count). The molecular formula is C20H18N4O. The third kappa shape index (κ3) is 2.85. The molecule has 1 aromatic heterocycles. The van der Waals surface area contributed by atoms with Crippen LogP contribution in [0.4, 0.5) is 11.5 Å². The molecule has 1 aliphatic rings. The van der Waals surface area contributed by atoms with Crippen LogP contribution in [-0.4, -0.2) is 15.9 Å². The summed E-state index contributed by atoms with van der Waals surface area (Å²) in [5.41, 5.74) is 12.3. The first-order valence-electron chi connectivity index (χ1n) is 8.24. The first-order chi connectivity index (χ1) is 12.1. The van der Waals surface area contributed by atoms with Crippen LogP contribution in [0.25, 0.3) is 22.5 Å². The standard InChI is InChI=1S/C20H18N4O/c1-12(25)22-20-18(13-5-3-2-4-6-13)24-19-16-9-8-15(21)11-14(16)7-10-17(19)23-20/h2-6,8-9,11H,7,10,21H2,1H3,(H,22,23,25). The molecule has 0 atom stereocenters. The van der Waals surface area contributed by atoms with E-state index < -0.39 is 0 Å². The summed E-state index contributed by atoms with van der Waals surface area (Å²) in [6.45, 7) is 1.48. The predicted octanol–water partition coefficient (Wildman–Crippen LogP) is 3.45. The fourth-order valence-corrected chi connectivity index (χ4v) is 3.22. The number of carbonyl (C=O) groups excluding carboxylic acids is 1. The van der Waals surface area contributed by atoms with Crippen molar-refractivity contribution in [3.8, 4) is 22.5 Å². The van der Waals surface area contributed by atoms with E-state index in [1.807, 2.05) is 48.5 Å². The molecular weight excluding hydrogens is 312 g/mol. The number of amides is 1. The highest BCUT2D eigenvalue weighted by Crippen LogP contribution is 2.36. The van der Waals surface area contributed by atoms with Gasteiger partial charge in [-0.05, 0) is 30.5 Å². The van der Waals surface area contributed by atoms with Crippen LogP contribution in [0.1, 0.15) is 18.2 Å². The molecule has 5 heteroatoms. The second-order valence-corrected chi connectivity index (χ2v) is 6.18. The average molecular weight is 330 g/mol. The molecule has 1 heterocycles. The molecule has 0 aliphatic heterocycles. The number of nitrogens with zero attached hydrogens (tertiary/aromatic N) is 2. The molecule has 0 radical (unpaired) electrons. The van der Waals surface area contributed by atoms with Crippen molar-refractivity contribution in [3.05, 3.63) is 59.8 Å². The number of aromatic nitrogens is 2. The van der Waals surface area contributed by atoms with E-state index >= 15 is 0 Å². The maximum atomic E-state index is 11.6. The lowest BCUT2D eigenvalue weighted by Gasteiger charge is -2.21. The van der Waals surface area contributed by atoms with Crippen molar-refractivity contribution in [1.29, 1.82) is 0 Å². The van der Waals surface area contributed by atoms with Crippen LogP contribution in [0.2, 0.25) is 0 Å². The number of nitrogens with two attached hydrogens (primary N) is 1. The number of nitrogen functional groups attached to an aromatic ring is 1. The Kier molecular flexibility index (Phi) is 3.69. The molecule has 0 fully saturated rings. The van der Waals surface area contributed by atoms with E-state index in [9.17, 15) is 4.79 Å². The highest BCUT2D eigenvalue weighted by molar-refractivity contribution is 5.92. The fraction of sp³-hybridized carbons (Fsp3) is 0.150. The minimum absolute atomic E-state index is 0.157. The number of hydrogen-bond acceptors (Lipinski definition) is 4. The summed E-state index contributed by atoms with van der Waals surface area (Å²) in [6.07, 6.45) is 1.65. The average Bonchev–Trinajstić information content (AvgIpc) is 2.61. The van der Waals surface area contributed by atoms with E-state index in [4.69, 9.17) is 15.7 Å². The molecule has 3 aromatic rings. The molecule has 0 bridgehead atoms. The molecule has 25 heavy (non-hydrogen) atoms. The number of aryl methyl sites for hydroxylation is 2. The van der Waals surface area contributed by atoms with Crippen LogP contribution in [-0.2, 0) is 17.6 Å². The van der Waals surface area contributed by atoms with Gasteiger partial charge in [-0.25, -0.2) is 9.97 Å². The van der Waals surface area contributed by atoms with Crippen molar-refractivity contribution < 1.29 is 4.79 Å². The Balaban J connectivity index is 1.93. The summed E-state index contributed by atoms with van der Waals surface area (Å²) in [5, 5.41) is 2.82. The van der Waals surface area contributed by atoms with Crippen LogP contribution in [0.15, 0.2) is 48.5 Å². The molecule has 0 unspecified atom stereocenters. The molecule has 2 aromatic carbocycles. The zero-order chi connectivity index (χ0) is 17.4. The van der Waals surface area contributed by atoms with Crippen molar-refractivity contribution in [1.82, 2.24) is 9.97 Å². The van der Waals surface area contributed by atoms with Crippen LogP contribution in [0.3, 0.4) is 0 Å². The van der Waals surface area contributed by atoms with Gasteiger partial charge < -0.3 is 11.1 Å². The number of anilines is 2. The lowest BCUT2D eigenvalue weighted by Crippen LogP contribution is -2.15. The minimum Gasteiger partial charge on any atom is -0.399 e. The van der Waals surface area contributed by atoms with Gasteiger partial charge in [-0.2, -0.15) is 0 Å². The number of fused-ring (bicyclic) bond motifs is 3. The molecule has 3 N–H and O–H groups in total. The second kappa shape index (κ2) is 6.02. The van der Waals surface area contributed by atoms with Crippen molar-refractivity contribution in [3.63, 3.8) is 0 Å². The summed E-state index contributed by atoms with van der Waals surface area (Å²) in [6, 6.07) is 15.7. The Hall–Kier alpha value is -3.21. The summed E-state index contributed by atoms with van der Waals surface area (Å²) in [4.78, 5) is 21.2. The normalized spacial score (nSPS) is 12.2. The van der Waals surface area contributed by atoms with Gasteiger partial charge >= 0.3 is 0 Å². The van der Waals surface area contributed by atoms with Gasteiger partial charge in [0.1, 0.15) is 5.69 Å². The van der Waals surface area contributed by atoms with Crippen molar-refractivity contribution in [2.75, 3.05) is 11.1 Å². The molecule has 124 valence electrons. The zero-order valence-electron chi connectivity index (χ0n) is 13.9. The Morgan fingerprint density at radius 3 is 2.60 bits per heavy atom. The summed E-state index contributed by atoms with van der Waals surface area (Å²) in [7, 11) is 0. The maximum Gasteiger partial charge on any atom is 0.222 e. The van der Waals surface area contributed by atoms with E-state index in [1.165, 1.54) is 12.5 Å². The fourth-order valence-electron chi connectivity index (χ4n) is 3.22. The van der Waals surface area contributed by atoms with Crippen LogP contribution >= 0.6 is 0 Å². The molecule has 0 saturated carbocycles. The quantitative estimate of drug-likeness (QED) is 0.705. The second-order valence-electron chi connectivity index (χ2n) is 6.18. The minimum atomic E-state index is -0.157. The number of benzene rings is 2. The third-order valence-corrected chi connectivity index (χ3v) is 4.33. The van der Waals surface area contributed by atoms with Crippen molar-refractivity contribution in [2.45, 2.75) is 19.8 Å². The molecule has 0 saturated heterocycles. The maximum absolute atomic E-state index is 11.6. The summed E-state index contributed by atoms with van der Waals surface area (Å²) in [5.74, 6) is 0.353. The predicted molar refractivity (Wildman–Crippen MR) is 99.0 cm³/mol. The molecule has 1 aliphatic carbocycles. The summed E-state index contributed by atoms with van der Waals surface area (Å²) < 4.78 is 0. The SMILES string of the molecule is CC(=O)Nc1nc2c(nc1-c1ccccc1)-c1ccc(N)cc1CC2. The van der Waals surface area contributed by atoms with E-state index in [0.29, 0.717) is 11.5 Å². The molecule has 0 spiro atoms. The Morgan fingerprint density at radius 2 is 1.84 bits per heavy atom. The third-order valence-electron chi connectivity index (χ3n) is 4.33. The lowest BCUT2D eigenvalue weighted by atomic mass is 9.91. The Labute approximate surface area is 145 Å². The van der Waals surface area contributed by atoms with Gasteiger partial charge in [0.25, 0.3) is 0 Å². The van der Waals surface area contributed by atoms with E-state index in [1.54, 1.807) is 0 Å². The number of hydrogen-bond donors (Lipinski definition) is 2. The van der Waals surface area contributed by atoms with Gasteiger partial charge in [0.15, 0.2) is 5.82 Å². The monoisotopic (exact) mass is 330 g/mol. The van der Waals surface area contributed by atoms with Crippen molar-refractivity contribution in [2.24, 2.45) is 0 Å². The Morgan fingerprint density at radius 1 is 1.04 bits per heavy atom. The van der Waals surface area contributed by atoms with Crippen molar-refractivity contribution >= 4 is 17.4 Å². The Bertz CT molecular complexity index is 967. The van der Waals surface area contributed by atoms with E-state index in [2.05, 4.69) is 5.32 Å². The molecule has 5 nitrogen and oxygen atoms in total. The van der Waals surface area contributed by atoms with E-state index in [-0.39, 0.29) is 5.91 Å². The smallest absolute Gasteiger partial charge is 0.222 e. The van der Waals surface area contributed by atoms with E-state index in [0.717, 1.165) is 41.0 Å². The van der Waals surface area contributed by atoms with Crippen LogP contribution in [0.5, 0.6) is 0 Å².